The molecule has 1 aromatic carbocycles. The largest absolute Gasteiger partial charge is 0.337 e. The molecule has 0 bridgehead atoms. The molecular formula is C20H27ClN4O. The van der Waals surface area contributed by atoms with Crippen LogP contribution in [0.5, 0.6) is 0 Å². The monoisotopic (exact) mass is 374 g/mol. The number of carbonyl (C=O) groups excluding carboxylic acids is 1. The van der Waals surface area contributed by atoms with E-state index in [1.165, 1.54) is 11.1 Å². The zero-order valence-electron chi connectivity index (χ0n) is 15.6. The number of rotatable bonds is 3. The molecule has 0 spiro atoms. The van der Waals surface area contributed by atoms with E-state index in [2.05, 4.69) is 48.2 Å². The molecule has 0 aliphatic carbocycles. The van der Waals surface area contributed by atoms with Gasteiger partial charge in [0.2, 0.25) is 0 Å². The van der Waals surface area contributed by atoms with E-state index in [0.717, 1.165) is 26.2 Å². The Hall–Kier alpha value is -1.85. The van der Waals surface area contributed by atoms with Gasteiger partial charge in [-0.3, -0.25) is 14.4 Å². The SMILES string of the molecule is CCn1nccc1C(=O)N1C[C@@H]2CN(C)[C@@H](c3ccccc3C)[C@@H]2C1.Cl. The molecule has 0 saturated carbocycles. The predicted molar refractivity (Wildman–Crippen MR) is 105 cm³/mol. The molecule has 2 fully saturated rings. The van der Waals surface area contributed by atoms with Gasteiger partial charge in [-0.1, -0.05) is 24.3 Å². The summed E-state index contributed by atoms with van der Waals surface area (Å²) in [6.45, 7) is 7.68. The second-order valence-corrected chi connectivity index (χ2v) is 7.41. The Morgan fingerprint density at radius 1 is 1.19 bits per heavy atom. The van der Waals surface area contributed by atoms with Gasteiger partial charge in [0.05, 0.1) is 0 Å². The fourth-order valence-corrected chi connectivity index (χ4v) is 4.74. The van der Waals surface area contributed by atoms with Crippen molar-refractivity contribution in [2.24, 2.45) is 11.8 Å². The Morgan fingerprint density at radius 2 is 1.96 bits per heavy atom. The number of aromatic nitrogens is 2. The number of halogens is 1. The summed E-state index contributed by atoms with van der Waals surface area (Å²) in [4.78, 5) is 17.5. The number of hydrogen-bond donors (Lipinski definition) is 0. The van der Waals surface area contributed by atoms with Crippen LogP contribution < -0.4 is 0 Å². The lowest BCUT2D eigenvalue weighted by atomic mass is 9.88. The molecule has 6 heteroatoms. The van der Waals surface area contributed by atoms with E-state index < -0.39 is 0 Å². The van der Waals surface area contributed by atoms with E-state index >= 15 is 0 Å². The molecule has 1 amide bonds. The van der Waals surface area contributed by atoms with Gasteiger partial charge in [0.1, 0.15) is 5.69 Å². The van der Waals surface area contributed by atoms with Crippen LogP contribution in [-0.4, -0.2) is 52.2 Å². The Balaban J connectivity index is 0.00000196. The first-order chi connectivity index (χ1) is 12.1. The Labute approximate surface area is 161 Å². The van der Waals surface area contributed by atoms with Crippen molar-refractivity contribution in [1.29, 1.82) is 0 Å². The summed E-state index contributed by atoms with van der Waals surface area (Å²) >= 11 is 0. The zero-order chi connectivity index (χ0) is 17.6. The fourth-order valence-electron chi connectivity index (χ4n) is 4.74. The van der Waals surface area contributed by atoms with Gasteiger partial charge in [0.25, 0.3) is 5.91 Å². The van der Waals surface area contributed by atoms with Crippen LogP contribution in [0.3, 0.4) is 0 Å². The van der Waals surface area contributed by atoms with Gasteiger partial charge in [0, 0.05) is 44.3 Å². The number of hydrogen-bond acceptors (Lipinski definition) is 3. The number of fused-ring (bicyclic) bond motifs is 1. The van der Waals surface area contributed by atoms with Crippen molar-refractivity contribution >= 4 is 18.3 Å². The molecule has 1 aromatic heterocycles. The Bertz CT molecular complexity index is 790. The molecule has 2 aromatic rings. The summed E-state index contributed by atoms with van der Waals surface area (Å²) in [6, 6.07) is 10.9. The van der Waals surface area contributed by atoms with Crippen molar-refractivity contribution in [3.8, 4) is 0 Å². The number of benzene rings is 1. The van der Waals surface area contributed by atoms with E-state index in [1.807, 2.05) is 17.9 Å². The minimum Gasteiger partial charge on any atom is -0.337 e. The van der Waals surface area contributed by atoms with E-state index in [9.17, 15) is 4.79 Å². The first kappa shape index (κ1) is 18.9. The standard InChI is InChI=1S/C20H26N4O.ClH/c1-4-24-18(9-10-21-24)20(25)23-12-15-11-22(3)19(17(15)13-23)16-8-6-5-7-14(16)2;/h5-10,15,17,19H,4,11-13H2,1-3H3;1H/t15-,17+,19-;/m0./s1. The maximum absolute atomic E-state index is 13.0. The van der Waals surface area contributed by atoms with Crippen LogP contribution in [0.4, 0.5) is 0 Å². The molecular weight excluding hydrogens is 348 g/mol. The molecule has 2 saturated heterocycles. The van der Waals surface area contributed by atoms with Gasteiger partial charge in [-0.05, 0) is 44.0 Å². The quantitative estimate of drug-likeness (QED) is 0.829. The first-order valence-corrected chi connectivity index (χ1v) is 9.17. The van der Waals surface area contributed by atoms with Crippen LogP contribution in [0.25, 0.3) is 0 Å². The van der Waals surface area contributed by atoms with Crippen molar-refractivity contribution in [3.05, 3.63) is 53.3 Å². The Morgan fingerprint density at radius 3 is 2.69 bits per heavy atom. The van der Waals surface area contributed by atoms with Gasteiger partial charge in [0.15, 0.2) is 0 Å². The normalized spacial score (nSPS) is 25.2. The molecule has 0 N–H and O–H groups in total. The minimum absolute atomic E-state index is 0. The number of likely N-dealkylation sites (tertiary alicyclic amines) is 2. The highest BCUT2D eigenvalue weighted by Gasteiger charge is 2.47. The highest BCUT2D eigenvalue weighted by molar-refractivity contribution is 5.92. The number of carbonyl (C=O) groups is 1. The van der Waals surface area contributed by atoms with Gasteiger partial charge in [-0.15, -0.1) is 12.4 Å². The lowest BCUT2D eigenvalue weighted by Gasteiger charge is -2.28. The second-order valence-electron chi connectivity index (χ2n) is 7.41. The molecule has 140 valence electrons. The number of aryl methyl sites for hydroxylation is 2. The van der Waals surface area contributed by atoms with E-state index in [1.54, 1.807) is 10.9 Å². The molecule has 5 nitrogen and oxygen atoms in total. The van der Waals surface area contributed by atoms with Crippen LogP contribution >= 0.6 is 12.4 Å². The maximum atomic E-state index is 13.0. The molecule has 2 aliphatic rings. The highest BCUT2D eigenvalue weighted by Crippen LogP contribution is 2.45. The third kappa shape index (κ3) is 3.03. The van der Waals surface area contributed by atoms with Crippen LogP contribution in [0.15, 0.2) is 36.5 Å². The van der Waals surface area contributed by atoms with Crippen molar-refractivity contribution < 1.29 is 4.79 Å². The van der Waals surface area contributed by atoms with E-state index in [4.69, 9.17) is 0 Å². The molecule has 2 aliphatic heterocycles. The predicted octanol–water partition coefficient (Wildman–Crippen LogP) is 3.01. The summed E-state index contributed by atoms with van der Waals surface area (Å²) in [5.74, 6) is 1.18. The second kappa shape index (κ2) is 7.41. The van der Waals surface area contributed by atoms with Gasteiger partial charge >= 0.3 is 0 Å². The van der Waals surface area contributed by atoms with Crippen LogP contribution in [0, 0.1) is 18.8 Å². The summed E-state index contributed by atoms with van der Waals surface area (Å²) < 4.78 is 1.79. The molecule has 26 heavy (non-hydrogen) atoms. The Kier molecular flexibility index (Phi) is 5.39. The molecule has 3 atom stereocenters. The average Bonchev–Trinajstić information content (AvgIpc) is 3.29. The molecule has 3 heterocycles. The third-order valence-corrected chi connectivity index (χ3v) is 5.92. The maximum Gasteiger partial charge on any atom is 0.272 e. The molecule has 0 unspecified atom stereocenters. The van der Waals surface area contributed by atoms with Crippen molar-refractivity contribution in [2.45, 2.75) is 26.4 Å². The summed E-state index contributed by atoms with van der Waals surface area (Å²) in [6.07, 6.45) is 1.72. The number of amides is 1. The smallest absolute Gasteiger partial charge is 0.272 e. The first-order valence-electron chi connectivity index (χ1n) is 9.17. The topological polar surface area (TPSA) is 41.4 Å². The van der Waals surface area contributed by atoms with Crippen molar-refractivity contribution in [1.82, 2.24) is 19.6 Å². The van der Waals surface area contributed by atoms with Crippen LogP contribution in [0.1, 0.15) is 34.6 Å². The molecule has 4 rings (SSSR count). The van der Waals surface area contributed by atoms with E-state index in [0.29, 0.717) is 23.6 Å². The highest BCUT2D eigenvalue weighted by atomic mass is 35.5. The summed E-state index contributed by atoms with van der Waals surface area (Å²) in [7, 11) is 2.22. The van der Waals surface area contributed by atoms with Crippen LogP contribution in [0.2, 0.25) is 0 Å². The fraction of sp³-hybridized carbons (Fsp3) is 0.500. The lowest BCUT2D eigenvalue weighted by molar-refractivity contribution is 0.0755. The lowest BCUT2D eigenvalue weighted by Crippen LogP contribution is -2.34. The van der Waals surface area contributed by atoms with Gasteiger partial charge in [-0.2, -0.15) is 5.10 Å². The van der Waals surface area contributed by atoms with Crippen LogP contribution in [-0.2, 0) is 6.54 Å². The molecule has 0 radical (unpaired) electrons. The zero-order valence-corrected chi connectivity index (χ0v) is 16.4. The van der Waals surface area contributed by atoms with Crippen molar-refractivity contribution in [2.75, 3.05) is 26.7 Å². The third-order valence-electron chi connectivity index (χ3n) is 5.92. The van der Waals surface area contributed by atoms with Gasteiger partial charge < -0.3 is 4.90 Å². The summed E-state index contributed by atoms with van der Waals surface area (Å²) in [5, 5.41) is 4.25. The van der Waals surface area contributed by atoms with Gasteiger partial charge in [-0.25, -0.2) is 0 Å². The van der Waals surface area contributed by atoms with Crippen molar-refractivity contribution in [3.63, 3.8) is 0 Å². The summed E-state index contributed by atoms with van der Waals surface area (Å²) in [5.41, 5.74) is 3.46. The average molecular weight is 375 g/mol. The van der Waals surface area contributed by atoms with E-state index in [-0.39, 0.29) is 18.3 Å². The number of nitrogens with zero attached hydrogens (tertiary/aromatic N) is 4. The minimum atomic E-state index is 0.